The van der Waals surface area contributed by atoms with Crippen LogP contribution in [0.1, 0.15) is 32.8 Å². The number of H-pyrrole nitrogens is 1. The maximum absolute atomic E-state index is 11.8. The van der Waals surface area contributed by atoms with Crippen LogP contribution >= 0.6 is 0 Å². The van der Waals surface area contributed by atoms with E-state index in [-0.39, 0.29) is 18.9 Å². The molecule has 0 bridgehead atoms. The molecule has 0 unspecified atom stereocenters. The number of amides is 2. The minimum atomic E-state index is -0.535. The van der Waals surface area contributed by atoms with Gasteiger partial charge in [0.05, 0.1) is 0 Å². The van der Waals surface area contributed by atoms with Crippen molar-refractivity contribution in [3.63, 3.8) is 0 Å². The lowest BCUT2D eigenvalue weighted by Crippen LogP contribution is -2.35. The second-order valence-electron chi connectivity index (χ2n) is 6.68. The molecule has 1 aromatic carbocycles. The molecule has 2 aromatic rings. The van der Waals surface area contributed by atoms with Gasteiger partial charge in [0.1, 0.15) is 5.60 Å². The molecule has 0 radical (unpaired) electrons. The van der Waals surface area contributed by atoms with Gasteiger partial charge in [0.25, 0.3) is 0 Å². The molecule has 6 nitrogen and oxygen atoms in total. The highest BCUT2D eigenvalue weighted by Gasteiger charge is 2.15. The van der Waals surface area contributed by atoms with Crippen molar-refractivity contribution in [3.8, 4) is 0 Å². The minimum absolute atomic E-state index is 0.0891. The third kappa shape index (κ3) is 5.95. The maximum Gasteiger partial charge on any atom is 0.407 e. The summed E-state index contributed by atoms with van der Waals surface area (Å²) < 4.78 is 5.10. The van der Waals surface area contributed by atoms with E-state index in [0.29, 0.717) is 6.54 Å². The summed E-state index contributed by atoms with van der Waals surface area (Å²) in [6.07, 6.45) is 2.41. The maximum atomic E-state index is 11.8. The largest absolute Gasteiger partial charge is 0.444 e. The molecule has 2 rings (SSSR count). The number of aromatic nitrogens is 1. The van der Waals surface area contributed by atoms with Crippen molar-refractivity contribution in [1.29, 1.82) is 0 Å². The smallest absolute Gasteiger partial charge is 0.407 e. The van der Waals surface area contributed by atoms with Crippen molar-refractivity contribution in [3.05, 3.63) is 36.0 Å². The number of alkyl carbamates (subject to hydrolysis) is 1. The molecule has 0 atom stereocenters. The van der Waals surface area contributed by atoms with E-state index >= 15 is 0 Å². The fourth-order valence-corrected chi connectivity index (χ4v) is 2.29. The van der Waals surface area contributed by atoms with Gasteiger partial charge in [0, 0.05) is 31.2 Å². The second kappa shape index (κ2) is 7.86. The zero-order valence-corrected chi connectivity index (χ0v) is 14.4. The van der Waals surface area contributed by atoms with Crippen molar-refractivity contribution in [2.75, 3.05) is 13.1 Å². The van der Waals surface area contributed by atoms with E-state index in [4.69, 9.17) is 4.74 Å². The average Bonchev–Trinajstić information content (AvgIpc) is 2.93. The average molecular weight is 331 g/mol. The first kappa shape index (κ1) is 17.8. The topological polar surface area (TPSA) is 83.2 Å². The van der Waals surface area contributed by atoms with E-state index in [9.17, 15) is 9.59 Å². The first-order valence-corrected chi connectivity index (χ1v) is 8.13. The number of aromatic amines is 1. The molecule has 0 saturated heterocycles. The van der Waals surface area contributed by atoms with Crippen LogP contribution in [-0.2, 0) is 16.0 Å². The van der Waals surface area contributed by atoms with Crippen LogP contribution in [0.3, 0.4) is 0 Å². The predicted octanol–water partition coefficient (Wildman–Crippen LogP) is 2.74. The van der Waals surface area contributed by atoms with Crippen molar-refractivity contribution in [2.45, 2.75) is 39.2 Å². The van der Waals surface area contributed by atoms with Crippen molar-refractivity contribution in [1.82, 2.24) is 15.6 Å². The number of hydrogen-bond donors (Lipinski definition) is 3. The summed E-state index contributed by atoms with van der Waals surface area (Å²) in [5.41, 5.74) is 1.75. The molecule has 3 N–H and O–H groups in total. The number of benzene rings is 1. The molecule has 0 saturated carbocycles. The summed E-state index contributed by atoms with van der Waals surface area (Å²) in [4.78, 5) is 26.4. The molecule has 24 heavy (non-hydrogen) atoms. The molecule has 1 aromatic heterocycles. The van der Waals surface area contributed by atoms with Gasteiger partial charge < -0.3 is 20.4 Å². The van der Waals surface area contributed by atoms with Crippen LogP contribution in [0.4, 0.5) is 4.79 Å². The monoisotopic (exact) mass is 331 g/mol. The first-order chi connectivity index (χ1) is 11.3. The highest BCUT2D eigenvalue weighted by Crippen LogP contribution is 2.14. The molecular formula is C18H25N3O3. The van der Waals surface area contributed by atoms with E-state index in [1.165, 1.54) is 10.9 Å². The normalized spacial score (nSPS) is 11.3. The number of carbonyl (C=O) groups excluding carboxylic acids is 2. The number of ether oxygens (including phenoxy) is 1. The molecule has 0 aliphatic heterocycles. The number of nitrogens with one attached hydrogen (secondary N) is 3. The highest BCUT2D eigenvalue weighted by atomic mass is 16.6. The number of fused-ring (bicyclic) bond motifs is 1. The van der Waals surface area contributed by atoms with Gasteiger partial charge in [0.2, 0.25) is 5.91 Å². The number of hydrogen-bond acceptors (Lipinski definition) is 3. The van der Waals surface area contributed by atoms with E-state index in [1.54, 1.807) is 20.8 Å². The van der Waals surface area contributed by atoms with Crippen LogP contribution in [0, 0.1) is 0 Å². The van der Waals surface area contributed by atoms with Crippen LogP contribution in [0.5, 0.6) is 0 Å². The summed E-state index contributed by atoms with van der Waals surface area (Å²) in [6.45, 7) is 6.22. The molecule has 0 aliphatic rings. The van der Waals surface area contributed by atoms with Gasteiger partial charge in [-0.25, -0.2) is 4.79 Å². The third-order valence-corrected chi connectivity index (χ3v) is 3.37. The van der Waals surface area contributed by atoms with E-state index < -0.39 is 11.7 Å². The summed E-state index contributed by atoms with van der Waals surface area (Å²) in [6, 6.07) is 8.23. The molecule has 0 aliphatic carbocycles. The van der Waals surface area contributed by atoms with Crippen LogP contribution in [0.25, 0.3) is 10.9 Å². The quantitative estimate of drug-likeness (QED) is 0.761. The minimum Gasteiger partial charge on any atom is -0.444 e. The Hall–Kier alpha value is -2.50. The Balaban J connectivity index is 1.63. The van der Waals surface area contributed by atoms with Crippen molar-refractivity contribution < 1.29 is 14.3 Å². The third-order valence-electron chi connectivity index (χ3n) is 3.37. The molecule has 1 heterocycles. The van der Waals surface area contributed by atoms with Gasteiger partial charge in [-0.05, 0) is 56.3 Å². The Morgan fingerprint density at radius 3 is 2.67 bits per heavy atom. The van der Waals surface area contributed by atoms with E-state index in [2.05, 4.69) is 27.8 Å². The van der Waals surface area contributed by atoms with Gasteiger partial charge >= 0.3 is 6.09 Å². The van der Waals surface area contributed by atoms with E-state index in [0.717, 1.165) is 11.9 Å². The Labute approximate surface area is 142 Å². The molecular weight excluding hydrogens is 306 g/mol. The molecule has 130 valence electrons. The van der Waals surface area contributed by atoms with Crippen LogP contribution in [-0.4, -0.2) is 35.7 Å². The lowest BCUT2D eigenvalue weighted by Gasteiger charge is -2.19. The summed E-state index contributed by atoms with van der Waals surface area (Å²) in [5.74, 6) is -0.0891. The fourth-order valence-electron chi connectivity index (χ4n) is 2.29. The van der Waals surface area contributed by atoms with Crippen LogP contribution < -0.4 is 10.6 Å². The van der Waals surface area contributed by atoms with Gasteiger partial charge in [-0.2, -0.15) is 0 Å². The van der Waals surface area contributed by atoms with Crippen molar-refractivity contribution >= 4 is 22.9 Å². The zero-order valence-electron chi connectivity index (χ0n) is 14.4. The summed E-state index contributed by atoms with van der Waals surface area (Å²) in [7, 11) is 0. The molecule has 2 amide bonds. The fraction of sp³-hybridized carbons (Fsp3) is 0.444. The Morgan fingerprint density at radius 1 is 1.12 bits per heavy atom. The van der Waals surface area contributed by atoms with Gasteiger partial charge in [-0.15, -0.1) is 0 Å². The zero-order chi connectivity index (χ0) is 17.6. The first-order valence-electron chi connectivity index (χ1n) is 8.13. The van der Waals surface area contributed by atoms with Crippen LogP contribution in [0.2, 0.25) is 0 Å². The lowest BCUT2D eigenvalue weighted by molar-refractivity contribution is -0.120. The SMILES string of the molecule is CC(C)(C)OC(=O)NCCC(=O)NCCc1ccc2[nH]ccc2c1. The van der Waals surface area contributed by atoms with Crippen molar-refractivity contribution in [2.24, 2.45) is 0 Å². The summed E-state index contributed by atoms with van der Waals surface area (Å²) >= 11 is 0. The highest BCUT2D eigenvalue weighted by molar-refractivity contribution is 5.80. The standard InChI is InChI=1S/C18H25N3O3/c1-18(2,3)24-17(23)21-11-8-16(22)20-9-6-13-4-5-15-14(12-13)7-10-19-15/h4-5,7,10,12,19H,6,8-9,11H2,1-3H3,(H,20,22)(H,21,23). The van der Waals surface area contributed by atoms with Gasteiger partial charge in [-0.3, -0.25) is 4.79 Å². The number of carbonyl (C=O) groups is 2. The molecule has 0 fully saturated rings. The molecule has 0 spiro atoms. The Kier molecular flexibility index (Phi) is 5.84. The Bertz CT molecular complexity index is 701. The van der Waals surface area contributed by atoms with Crippen LogP contribution in [0.15, 0.2) is 30.5 Å². The van der Waals surface area contributed by atoms with E-state index in [1.807, 2.05) is 18.3 Å². The summed E-state index contributed by atoms with van der Waals surface area (Å²) in [5, 5.41) is 6.59. The number of rotatable bonds is 6. The van der Waals surface area contributed by atoms with Gasteiger partial charge in [-0.1, -0.05) is 6.07 Å². The Morgan fingerprint density at radius 2 is 1.92 bits per heavy atom. The second-order valence-corrected chi connectivity index (χ2v) is 6.68. The van der Waals surface area contributed by atoms with Gasteiger partial charge in [0.15, 0.2) is 0 Å². The molecule has 6 heteroatoms. The predicted molar refractivity (Wildman–Crippen MR) is 93.9 cm³/mol. The lowest BCUT2D eigenvalue weighted by atomic mass is 10.1.